The SMILES string of the molecule is COC(=O)CC1=NC(c2ccc(OC)cc2)N=C1c1ccc(Cl)cc1. The van der Waals surface area contributed by atoms with E-state index < -0.39 is 6.17 Å². The van der Waals surface area contributed by atoms with Crippen LogP contribution in [0.2, 0.25) is 5.02 Å². The lowest BCUT2D eigenvalue weighted by Crippen LogP contribution is -2.17. The molecule has 2 aromatic carbocycles. The van der Waals surface area contributed by atoms with Crippen molar-refractivity contribution in [3.05, 3.63) is 64.7 Å². The maximum atomic E-state index is 11.7. The summed E-state index contributed by atoms with van der Waals surface area (Å²) in [6.07, 6.45) is -0.318. The minimum Gasteiger partial charge on any atom is -0.497 e. The average Bonchev–Trinajstić information content (AvgIpc) is 3.06. The highest BCUT2D eigenvalue weighted by atomic mass is 35.5. The maximum Gasteiger partial charge on any atom is 0.311 e. The van der Waals surface area contributed by atoms with Crippen molar-refractivity contribution in [2.45, 2.75) is 12.6 Å². The third-order valence-corrected chi connectivity index (χ3v) is 4.13. The molecule has 6 heteroatoms. The summed E-state index contributed by atoms with van der Waals surface area (Å²) in [6.45, 7) is 0. The van der Waals surface area contributed by atoms with Gasteiger partial charge < -0.3 is 9.47 Å². The Balaban J connectivity index is 1.95. The monoisotopic (exact) mass is 356 g/mol. The summed E-state index contributed by atoms with van der Waals surface area (Å²) in [7, 11) is 2.98. The van der Waals surface area contributed by atoms with Crippen LogP contribution in [-0.4, -0.2) is 31.6 Å². The fraction of sp³-hybridized carbons (Fsp3) is 0.211. The number of carbonyl (C=O) groups excluding carboxylic acids is 1. The Labute approximate surface area is 151 Å². The third kappa shape index (κ3) is 3.88. The zero-order chi connectivity index (χ0) is 17.8. The number of halogens is 1. The fourth-order valence-electron chi connectivity index (χ4n) is 2.55. The number of carbonyl (C=O) groups is 1. The van der Waals surface area contributed by atoms with Gasteiger partial charge in [-0.3, -0.25) is 14.8 Å². The molecule has 0 amide bonds. The van der Waals surface area contributed by atoms with Crippen LogP contribution >= 0.6 is 11.6 Å². The standard InChI is InChI=1S/C19H17ClN2O3/c1-24-15-9-5-13(6-10-15)19-21-16(11-17(23)25-2)18(22-19)12-3-7-14(20)8-4-12/h3-10,19H,11H2,1-2H3. The van der Waals surface area contributed by atoms with Crippen LogP contribution in [0.3, 0.4) is 0 Å². The summed E-state index contributed by atoms with van der Waals surface area (Å²) in [5.41, 5.74) is 3.08. The Morgan fingerprint density at radius 2 is 1.72 bits per heavy atom. The summed E-state index contributed by atoms with van der Waals surface area (Å²) in [5, 5.41) is 0.639. The van der Waals surface area contributed by atoms with E-state index in [1.807, 2.05) is 36.4 Å². The number of benzene rings is 2. The van der Waals surface area contributed by atoms with Gasteiger partial charge in [-0.25, -0.2) is 0 Å². The predicted molar refractivity (Wildman–Crippen MR) is 97.8 cm³/mol. The van der Waals surface area contributed by atoms with E-state index in [2.05, 4.69) is 4.99 Å². The molecule has 25 heavy (non-hydrogen) atoms. The van der Waals surface area contributed by atoms with Crippen molar-refractivity contribution >= 4 is 29.0 Å². The summed E-state index contributed by atoms with van der Waals surface area (Å²) in [4.78, 5) is 21.1. The van der Waals surface area contributed by atoms with Crippen molar-refractivity contribution in [1.82, 2.24) is 0 Å². The van der Waals surface area contributed by atoms with Gasteiger partial charge in [0.2, 0.25) is 0 Å². The number of hydrogen-bond donors (Lipinski definition) is 0. The van der Waals surface area contributed by atoms with Gasteiger partial charge in [-0.2, -0.15) is 0 Å². The molecule has 0 saturated heterocycles. The molecule has 1 heterocycles. The highest BCUT2D eigenvalue weighted by Crippen LogP contribution is 2.28. The van der Waals surface area contributed by atoms with Gasteiger partial charge >= 0.3 is 5.97 Å². The normalized spacial score (nSPS) is 16.2. The molecule has 1 aliphatic rings. The van der Waals surface area contributed by atoms with Crippen molar-refractivity contribution in [1.29, 1.82) is 0 Å². The first-order chi connectivity index (χ1) is 12.1. The van der Waals surface area contributed by atoms with E-state index >= 15 is 0 Å². The van der Waals surface area contributed by atoms with E-state index in [0.29, 0.717) is 16.4 Å². The molecule has 0 bridgehead atoms. The molecule has 0 N–H and O–H groups in total. The van der Waals surface area contributed by atoms with Crippen LogP contribution < -0.4 is 4.74 Å². The predicted octanol–water partition coefficient (Wildman–Crippen LogP) is 3.85. The molecular weight excluding hydrogens is 340 g/mol. The minimum atomic E-state index is -0.392. The Hall–Kier alpha value is -2.66. The summed E-state index contributed by atoms with van der Waals surface area (Å²) >= 11 is 5.96. The van der Waals surface area contributed by atoms with Crippen molar-refractivity contribution in [3.63, 3.8) is 0 Å². The minimum absolute atomic E-state index is 0.0740. The van der Waals surface area contributed by atoms with Gasteiger partial charge in [-0.05, 0) is 29.8 Å². The highest BCUT2D eigenvalue weighted by molar-refractivity contribution is 6.51. The first kappa shape index (κ1) is 17.2. The molecule has 1 unspecified atom stereocenters. The largest absolute Gasteiger partial charge is 0.497 e. The van der Waals surface area contributed by atoms with Crippen LogP contribution in [-0.2, 0) is 9.53 Å². The third-order valence-electron chi connectivity index (χ3n) is 3.87. The zero-order valence-electron chi connectivity index (χ0n) is 13.9. The quantitative estimate of drug-likeness (QED) is 0.764. The van der Waals surface area contributed by atoms with Crippen molar-refractivity contribution in [2.24, 2.45) is 9.98 Å². The van der Waals surface area contributed by atoms with Crippen LogP contribution in [0.4, 0.5) is 0 Å². The second-order valence-corrected chi connectivity index (χ2v) is 5.90. The van der Waals surface area contributed by atoms with E-state index in [1.54, 1.807) is 19.2 Å². The topological polar surface area (TPSA) is 60.2 Å². The Bertz CT molecular complexity index is 827. The first-order valence-corrected chi connectivity index (χ1v) is 8.10. The molecule has 0 radical (unpaired) electrons. The molecule has 1 atom stereocenters. The Morgan fingerprint density at radius 3 is 2.32 bits per heavy atom. The fourth-order valence-corrected chi connectivity index (χ4v) is 2.67. The summed E-state index contributed by atoms with van der Waals surface area (Å²) < 4.78 is 9.95. The molecule has 2 aromatic rings. The molecule has 5 nitrogen and oxygen atoms in total. The van der Waals surface area contributed by atoms with E-state index in [9.17, 15) is 4.79 Å². The lowest BCUT2D eigenvalue weighted by Gasteiger charge is -2.05. The molecule has 0 aromatic heterocycles. The van der Waals surface area contributed by atoms with Crippen molar-refractivity contribution in [2.75, 3.05) is 14.2 Å². The van der Waals surface area contributed by atoms with Gasteiger partial charge in [-0.15, -0.1) is 0 Å². The highest BCUT2D eigenvalue weighted by Gasteiger charge is 2.25. The molecule has 1 aliphatic heterocycles. The number of nitrogens with zero attached hydrogens (tertiary/aromatic N) is 2. The number of ether oxygens (including phenoxy) is 2. The number of rotatable bonds is 5. The number of aliphatic imine (C=N–C) groups is 2. The van der Waals surface area contributed by atoms with Gasteiger partial charge in [0.25, 0.3) is 0 Å². The van der Waals surface area contributed by atoms with E-state index in [0.717, 1.165) is 16.9 Å². The van der Waals surface area contributed by atoms with Crippen LogP contribution in [0, 0.1) is 0 Å². The number of hydrogen-bond acceptors (Lipinski definition) is 5. The van der Waals surface area contributed by atoms with Crippen molar-refractivity contribution < 1.29 is 14.3 Å². The molecule has 0 aliphatic carbocycles. The van der Waals surface area contributed by atoms with Gasteiger partial charge in [0.05, 0.1) is 32.1 Å². The average molecular weight is 357 g/mol. The molecule has 0 spiro atoms. The van der Waals surface area contributed by atoms with Gasteiger partial charge in [0, 0.05) is 10.6 Å². The lowest BCUT2D eigenvalue weighted by molar-refractivity contribution is -0.139. The van der Waals surface area contributed by atoms with E-state index in [1.165, 1.54) is 7.11 Å². The molecular formula is C19H17ClN2O3. The number of esters is 1. The Kier molecular flexibility index (Phi) is 5.14. The van der Waals surface area contributed by atoms with Gasteiger partial charge in [0.15, 0.2) is 6.17 Å². The zero-order valence-corrected chi connectivity index (χ0v) is 14.7. The molecule has 0 fully saturated rings. The molecule has 0 saturated carbocycles. The second-order valence-electron chi connectivity index (χ2n) is 5.46. The first-order valence-electron chi connectivity index (χ1n) is 7.72. The number of methoxy groups -OCH3 is 2. The smallest absolute Gasteiger partial charge is 0.311 e. The summed E-state index contributed by atoms with van der Waals surface area (Å²) in [6, 6.07) is 14.9. The lowest BCUT2D eigenvalue weighted by atomic mass is 10.0. The van der Waals surface area contributed by atoms with Gasteiger partial charge in [0.1, 0.15) is 5.75 Å². The van der Waals surface area contributed by atoms with Crippen LogP contribution in [0.15, 0.2) is 58.5 Å². The molecule has 128 valence electrons. The Morgan fingerprint density at radius 1 is 1.04 bits per heavy atom. The second kappa shape index (κ2) is 7.49. The van der Waals surface area contributed by atoms with Crippen molar-refractivity contribution in [3.8, 4) is 5.75 Å². The maximum absolute atomic E-state index is 11.7. The van der Waals surface area contributed by atoms with Crippen LogP contribution in [0.5, 0.6) is 5.75 Å². The van der Waals surface area contributed by atoms with Gasteiger partial charge in [-0.1, -0.05) is 35.9 Å². The molecule has 3 rings (SSSR count). The van der Waals surface area contributed by atoms with Crippen LogP contribution in [0.1, 0.15) is 23.7 Å². The van der Waals surface area contributed by atoms with E-state index in [4.69, 9.17) is 26.1 Å². The van der Waals surface area contributed by atoms with E-state index in [-0.39, 0.29) is 12.4 Å². The summed E-state index contributed by atoms with van der Waals surface area (Å²) in [5.74, 6) is 0.415. The van der Waals surface area contributed by atoms with Crippen LogP contribution in [0.25, 0.3) is 0 Å².